The van der Waals surface area contributed by atoms with Gasteiger partial charge in [-0.05, 0) is 37.5 Å². The SMILES string of the molecule is CCOCCCNC(=NCc1ccc(OC)cc1)NCCCSc1nccs1. The molecule has 6 nitrogen and oxygen atoms in total. The monoisotopic (exact) mass is 422 g/mol. The number of thiazole rings is 1. The summed E-state index contributed by atoms with van der Waals surface area (Å²) in [4.78, 5) is 9.00. The van der Waals surface area contributed by atoms with Crippen LogP contribution in [0.4, 0.5) is 0 Å². The van der Waals surface area contributed by atoms with E-state index in [1.54, 1.807) is 30.2 Å². The van der Waals surface area contributed by atoms with Crippen LogP contribution >= 0.6 is 23.1 Å². The Kier molecular flexibility index (Phi) is 11.5. The molecular formula is C20H30N4O2S2. The van der Waals surface area contributed by atoms with Gasteiger partial charge in [-0.2, -0.15) is 0 Å². The van der Waals surface area contributed by atoms with Gasteiger partial charge in [0, 0.05) is 43.6 Å². The molecule has 154 valence electrons. The first-order chi connectivity index (χ1) is 13.8. The highest BCUT2D eigenvalue weighted by atomic mass is 32.2. The summed E-state index contributed by atoms with van der Waals surface area (Å²) in [5, 5.41) is 8.83. The standard InChI is InChI=1S/C20H30N4O2S2/c1-3-26-13-4-10-21-19(22-11-5-14-27-20-23-12-15-28-20)24-16-17-6-8-18(25-2)9-7-17/h6-9,12,15H,3-5,10-11,13-14,16H2,1-2H3,(H2,21,22,24). The molecule has 0 spiro atoms. The minimum Gasteiger partial charge on any atom is -0.497 e. The van der Waals surface area contributed by atoms with Crippen molar-refractivity contribution in [1.82, 2.24) is 15.6 Å². The molecule has 28 heavy (non-hydrogen) atoms. The van der Waals surface area contributed by atoms with Crippen LogP contribution in [-0.4, -0.2) is 50.1 Å². The van der Waals surface area contributed by atoms with E-state index in [0.717, 1.165) is 66.5 Å². The Balaban J connectivity index is 1.76. The van der Waals surface area contributed by atoms with E-state index < -0.39 is 0 Å². The summed E-state index contributed by atoms with van der Waals surface area (Å²) >= 11 is 3.49. The lowest BCUT2D eigenvalue weighted by molar-refractivity contribution is 0.145. The van der Waals surface area contributed by atoms with E-state index in [0.29, 0.717) is 6.54 Å². The van der Waals surface area contributed by atoms with Gasteiger partial charge in [0.1, 0.15) is 10.1 Å². The van der Waals surface area contributed by atoms with Crippen molar-refractivity contribution < 1.29 is 9.47 Å². The van der Waals surface area contributed by atoms with Crippen molar-refractivity contribution >= 4 is 29.1 Å². The third-order valence-electron chi connectivity index (χ3n) is 3.79. The van der Waals surface area contributed by atoms with Crippen molar-refractivity contribution in [3.8, 4) is 5.75 Å². The summed E-state index contributed by atoms with van der Waals surface area (Å²) in [5.41, 5.74) is 1.15. The van der Waals surface area contributed by atoms with Crippen LogP contribution in [0.15, 0.2) is 45.2 Å². The number of nitrogens with zero attached hydrogens (tertiary/aromatic N) is 2. The average Bonchev–Trinajstić information content (AvgIpc) is 3.25. The molecular weight excluding hydrogens is 392 g/mol. The topological polar surface area (TPSA) is 67.8 Å². The van der Waals surface area contributed by atoms with Gasteiger partial charge < -0.3 is 20.1 Å². The molecule has 0 unspecified atom stereocenters. The van der Waals surface area contributed by atoms with Crippen LogP contribution in [0.2, 0.25) is 0 Å². The number of nitrogens with one attached hydrogen (secondary N) is 2. The van der Waals surface area contributed by atoms with Gasteiger partial charge in [0.05, 0.1) is 13.7 Å². The molecule has 0 aliphatic rings. The maximum atomic E-state index is 5.40. The second-order valence-corrected chi connectivity index (χ2v) is 8.15. The average molecular weight is 423 g/mol. The van der Waals surface area contributed by atoms with Gasteiger partial charge in [-0.1, -0.05) is 23.9 Å². The predicted octanol–water partition coefficient (Wildman–Crippen LogP) is 3.80. The van der Waals surface area contributed by atoms with E-state index in [-0.39, 0.29) is 0 Å². The first-order valence-corrected chi connectivity index (χ1v) is 11.4. The molecule has 8 heteroatoms. The highest BCUT2D eigenvalue weighted by Gasteiger charge is 2.01. The van der Waals surface area contributed by atoms with Crippen molar-refractivity contribution in [1.29, 1.82) is 0 Å². The first kappa shape index (κ1) is 22.5. The summed E-state index contributed by atoms with van der Waals surface area (Å²) in [6, 6.07) is 8.01. The summed E-state index contributed by atoms with van der Waals surface area (Å²) in [6.07, 6.45) is 3.85. The van der Waals surface area contributed by atoms with Gasteiger partial charge in [0.15, 0.2) is 5.96 Å². The molecule has 0 saturated heterocycles. The van der Waals surface area contributed by atoms with Gasteiger partial charge >= 0.3 is 0 Å². The van der Waals surface area contributed by atoms with Crippen LogP contribution in [0.5, 0.6) is 5.75 Å². The molecule has 0 amide bonds. The minimum atomic E-state index is 0.624. The van der Waals surface area contributed by atoms with Gasteiger partial charge in [0.2, 0.25) is 0 Å². The highest BCUT2D eigenvalue weighted by molar-refractivity contribution is 8.00. The molecule has 2 rings (SSSR count). The number of guanidine groups is 1. The molecule has 0 bridgehead atoms. The summed E-state index contributed by atoms with van der Waals surface area (Å²) < 4.78 is 11.7. The zero-order valence-electron chi connectivity index (χ0n) is 16.6. The molecule has 0 saturated carbocycles. The number of aromatic nitrogens is 1. The molecule has 0 radical (unpaired) electrons. The van der Waals surface area contributed by atoms with Crippen molar-refractivity contribution in [2.24, 2.45) is 4.99 Å². The lowest BCUT2D eigenvalue weighted by Gasteiger charge is -2.13. The Morgan fingerprint density at radius 3 is 2.64 bits per heavy atom. The maximum Gasteiger partial charge on any atom is 0.191 e. The van der Waals surface area contributed by atoms with E-state index in [4.69, 9.17) is 14.5 Å². The fourth-order valence-corrected chi connectivity index (χ4v) is 3.97. The lowest BCUT2D eigenvalue weighted by atomic mass is 10.2. The van der Waals surface area contributed by atoms with Gasteiger partial charge in [0.25, 0.3) is 0 Å². The minimum absolute atomic E-state index is 0.624. The Bertz CT molecular complexity index is 663. The van der Waals surface area contributed by atoms with Crippen LogP contribution < -0.4 is 15.4 Å². The Morgan fingerprint density at radius 2 is 1.96 bits per heavy atom. The zero-order valence-corrected chi connectivity index (χ0v) is 18.3. The van der Waals surface area contributed by atoms with E-state index in [2.05, 4.69) is 15.6 Å². The number of methoxy groups -OCH3 is 1. The van der Waals surface area contributed by atoms with Crippen LogP contribution in [0.3, 0.4) is 0 Å². The summed E-state index contributed by atoms with van der Waals surface area (Å²) in [5.74, 6) is 2.74. The van der Waals surface area contributed by atoms with Crippen LogP contribution in [0, 0.1) is 0 Å². The first-order valence-electron chi connectivity index (χ1n) is 9.57. The van der Waals surface area contributed by atoms with Crippen molar-refractivity contribution in [3.63, 3.8) is 0 Å². The Morgan fingerprint density at radius 1 is 1.18 bits per heavy atom. The highest BCUT2D eigenvalue weighted by Crippen LogP contribution is 2.20. The van der Waals surface area contributed by atoms with Gasteiger partial charge in [-0.3, -0.25) is 0 Å². The summed E-state index contributed by atoms with van der Waals surface area (Å²) in [7, 11) is 1.67. The molecule has 2 N–H and O–H groups in total. The molecule has 1 aromatic heterocycles. The molecule has 0 fully saturated rings. The number of ether oxygens (including phenoxy) is 2. The number of benzene rings is 1. The van der Waals surface area contributed by atoms with Gasteiger partial charge in [-0.25, -0.2) is 9.98 Å². The molecule has 1 heterocycles. The Hall–Kier alpha value is -1.77. The smallest absolute Gasteiger partial charge is 0.191 e. The summed E-state index contributed by atoms with van der Waals surface area (Å²) in [6.45, 7) is 5.87. The molecule has 0 aliphatic carbocycles. The predicted molar refractivity (Wildman–Crippen MR) is 119 cm³/mol. The maximum absolute atomic E-state index is 5.40. The van der Waals surface area contributed by atoms with Crippen LogP contribution in [0.1, 0.15) is 25.3 Å². The molecule has 1 aromatic carbocycles. The van der Waals surface area contributed by atoms with E-state index >= 15 is 0 Å². The van der Waals surface area contributed by atoms with Crippen LogP contribution in [0.25, 0.3) is 0 Å². The van der Waals surface area contributed by atoms with Crippen molar-refractivity contribution in [3.05, 3.63) is 41.4 Å². The molecule has 0 aliphatic heterocycles. The number of hydrogen-bond acceptors (Lipinski definition) is 6. The number of rotatable bonds is 13. The number of hydrogen-bond donors (Lipinski definition) is 2. The molecule has 0 atom stereocenters. The van der Waals surface area contributed by atoms with Crippen LogP contribution in [-0.2, 0) is 11.3 Å². The van der Waals surface area contributed by atoms with Gasteiger partial charge in [-0.15, -0.1) is 11.3 Å². The number of aliphatic imine (C=N–C) groups is 1. The third kappa shape index (κ3) is 9.43. The molecule has 2 aromatic rings. The fourth-order valence-electron chi connectivity index (χ4n) is 2.32. The Labute approximate surface area is 176 Å². The number of thioether (sulfide) groups is 1. The quantitative estimate of drug-likeness (QED) is 0.222. The van der Waals surface area contributed by atoms with E-state index in [9.17, 15) is 0 Å². The van der Waals surface area contributed by atoms with Crippen molar-refractivity contribution in [2.45, 2.75) is 30.6 Å². The normalized spacial score (nSPS) is 11.4. The largest absolute Gasteiger partial charge is 0.497 e. The van der Waals surface area contributed by atoms with E-state index in [1.165, 1.54) is 0 Å². The van der Waals surface area contributed by atoms with Crippen molar-refractivity contribution in [2.75, 3.05) is 39.2 Å². The second kappa shape index (κ2) is 14.3. The second-order valence-electron chi connectivity index (χ2n) is 5.92. The zero-order chi connectivity index (χ0) is 19.9. The fraction of sp³-hybridized carbons (Fsp3) is 0.500. The third-order valence-corrected chi connectivity index (χ3v) is 5.84. The lowest BCUT2D eigenvalue weighted by Crippen LogP contribution is -2.38. The van der Waals surface area contributed by atoms with E-state index in [1.807, 2.05) is 42.8 Å².